The molecular formula is C16H25N7OS. The molecule has 25 heavy (non-hydrogen) atoms. The van der Waals surface area contributed by atoms with Gasteiger partial charge in [0.2, 0.25) is 11.1 Å². The second-order valence-electron chi connectivity index (χ2n) is 6.72. The maximum atomic E-state index is 12.2. The van der Waals surface area contributed by atoms with Gasteiger partial charge in [-0.1, -0.05) is 31.5 Å². The summed E-state index contributed by atoms with van der Waals surface area (Å²) in [6, 6.07) is 2.23. The van der Waals surface area contributed by atoms with Crippen LogP contribution < -0.4 is 11.2 Å². The van der Waals surface area contributed by atoms with Gasteiger partial charge in [-0.3, -0.25) is 4.79 Å². The molecule has 0 saturated heterocycles. The summed E-state index contributed by atoms with van der Waals surface area (Å²) in [7, 11) is 0. The van der Waals surface area contributed by atoms with Gasteiger partial charge >= 0.3 is 0 Å². The second kappa shape index (κ2) is 7.47. The van der Waals surface area contributed by atoms with Crippen LogP contribution in [-0.2, 0) is 4.79 Å². The Morgan fingerprint density at radius 1 is 1.36 bits per heavy atom. The molecule has 136 valence electrons. The van der Waals surface area contributed by atoms with Crippen LogP contribution in [0.5, 0.6) is 0 Å². The Morgan fingerprint density at radius 2 is 2.12 bits per heavy atom. The van der Waals surface area contributed by atoms with Gasteiger partial charge in [-0.2, -0.15) is 5.10 Å². The van der Waals surface area contributed by atoms with Crippen molar-refractivity contribution in [2.75, 3.05) is 11.6 Å². The summed E-state index contributed by atoms with van der Waals surface area (Å²) in [5.41, 5.74) is 1.81. The monoisotopic (exact) mass is 363 g/mol. The number of nitrogens with two attached hydrogens (primary N) is 1. The van der Waals surface area contributed by atoms with Crippen molar-refractivity contribution in [2.24, 2.45) is 5.92 Å². The minimum atomic E-state index is 0.0133. The molecule has 3 rings (SSSR count). The number of amides is 1. The molecule has 0 aromatic carbocycles. The first-order valence-corrected chi connectivity index (χ1v) is 9.60. The topological polar surface area (TPSA) is 104 Å². The molecule has 2 aromatic heterocycles. The van der Waals surface area contributed by atoms with E-state index in [4.69, 9.17) is 5.84 Å². The summed E-state index contributed by atoms with van der Waals surface area (Å²) in [6.07, 6.45) is 4.69. The lowest BCUT2D eigenvalue weighted by atomic mass is 9.86. The lowest BCUT2D eigenvalue weighted by Crippen LogP contribution is -2.41. The molecule has 0 radical (unpaired) electrons. The van der Waals surface area contributed by atoms with Gasteiger partial charge in [0, 0.05) is 11.7 Å². The average molecular weight is 363 g/mol. The highest BCUT2D eigenvalue weighted by atomic mass is 32.2. The summed E-state index contributed by atoms with van der Waals surface area (Å²) in [6.45, 7) is 6.04. The zero-order valence-corrected chi connectivity index (χ0v) is 15.7. The number of carbonyl (C=O) groups excluding carboxylic acids is 1. The van der Waals surface area contributed by atoms with E-state index in [0.29, 0.717) is 17.0 Å². The van der Waals surface area contributed by atoms with Gasteiger partial charge in [-0.15, -0.1) is 10.2 Å². The first-order valence-electron chi connectivity index (χ1n) is 8.62. The molecular weight excluding hydrogens is 338 g/mol. The molecule has 0 aliphatic heterocycles. The number of thioether (sulfide) groups is 1. The fourth-order valence-corrected chi connectivity index (χ4v) is 3.92. The van der Waals surface area contributed by atoms with Crippen LogP contribution in [0.2, 0.25) is 0 Å². The summed E-state index contributed by atoms with van der Waals surface area (Å²) in [5.74, 6) is 7.35. The van der Waals surface area contributed by atoms with Gasteiger partial charge in [0.1, 0.15) is 0 Å². The lowest BCUT2D eigenvalue weighted by molar-refractivity contribution is -0.119. The molecule has 0 spiro atoms. The number of rotatable bonds is 5. The summed E-state index contributed by atoms with van der Waals surface area (Å²) < 4.78 is 3.02. The van der Waals surface area contributed by atoms with Crippen LogP contribution in [0.15, 0.2) is 11.2 Å². The van der Waals surface area contributed by atoms with E-state index in [0.717, 1.165) is 17.8 Å². The molecule has 1 aliphatic carbocycles. The quantitative estimate of drug-likeness (QED) is 0.617. The van der Waals surface area contributed by atoms with E-state index >= 15 is 0 Å². The number of aromatic nitrogens is 5. The molecule has 1 aliphatic rings. The summed E-state index contributed by atoms with van der Waals surface area (Å²) in [4.78, 5) is 12.2. The second-order valence-corrected chi connectivity index (χ2v) is 7.66. The largest absolute Gasteiger partial charge is 0.352 e. The van der Waals surface area contributed by atoms with E-state index in [1.807, 2.05) is 19.9 Å². The molecule has 0 bridgehead atoms. The first-order chi connectivity index (χ1) is 12.0. The van der Waals surface area contributed by atoms with Crippen molar-refractivity contribution in [2.45, 2.75) is 57.7 Å². The van der Waals surface area contributed by atoms with Crippen molar-refractivity contribution < 1.29 is 4.79 Å². The Hall–Kier alpha value is -2.03. The smallest absolute Gasteiger partial charge is 0.271 e. The Kier molecular flexibility index (Phi) is 5.31. The molecule has 9 heteroatoms. The van der Waals surface area contributed by atoms with Gasteiger partial charge in [0.05, 0.1) is 11.4 Å². The van der Waals surface area contributed by atoms with Crippen molar-refractivity contribution in [1.82, 2.24) is 30.0 Å². The minimum Gasteiger partial charge on any atom is -0.352 e. The highest BCUT2D eigenvalue weighted by molar-refractivity contribution is 7.99. The fraction of sp³-hybridized carbons (Fsp3) is 0.625. The minimum absolute atomic E-state index is 0.0133. The van der Waals surface area contributed by atoms with Crippen LogP contribution in [0, 0.1) is 19.8 Å². The molecule has 8 nitrogen and oxygen atoms in total. The van der Waals surface area contributed by atoms with E-state index < -0.39 is 0 Å². The van der Waals surface area contributed by atoms with Gasteiger partial charge in [0.25, 0.3) is 5.95 Å². The van der Waals surface area contributed by atoms with Gasteiger partial charge in [0.15, 0.2) is 0 Å². The number of hydrogen-bond acceptors (Lipinski definition) is 6. The van der Waals surface area contributed by atoms with Gasteiger partial charge < -0.3 is 11.2 Å². The van der Waals surface area contributed by atoms with Crippen LogP contribution in [0.1, 0.15) is 44.0 Å². The Balaban J connectivity index is 1.60. The van der Waals surface area contributed by atoms with E-state index in [2.05, 4.69) is 27.5 Å². The molecule has 1 saturated carbocycles. The SMILES string of the molecule is Cc1cc(C)n(-c2nnc(SCC(=O)NC3CCCCC3C)n2N)n1. The molecule has 1 amide bonds. The number of nitrogens with one attached hydrogen (secondary N) is 1. The van der Waals surface area contributed by atoms with Crippen molar-refractivity contribution in [3.8, 4) is 5.95 Å². The number of aryl methyl sites for hydroxylation is 2. The zero-order valence-electron chi connectivity index (χ0n) is 14.9. The first kappa shape index (κ1) is 17.8. The standard InChI is InChI=1S/C16H25N7OS/c1-10-6-4-5-7-13(10)18-14(24)9-25-16-20-19-15(22(16)17)23-12(3)8-11(2)21-23/h8,10,13H,4-7,9,17H2,1-3H3,(H,18,24). The molecule has 2 unspecified atom stereocenters. The predicted molar refractivity (Wildman–Crippen MR) is 97.1 cm³/mol. The molecule has 2 heterocycles. The number of hydrogen-bond donors (Lipinski definition) is 2. The van der Waals surface area contributed by atoms with Crippen LogP contribution in [0.25, 0.3) is 5.95 Å². The highest BCUT2D eigenvalue weighted by Crippen LogP contribution is 2.24. The molecule has 2 atom stereocenters. The molecule has 3 N–H and O–H groups in total. The highest BCUT2D eigenvalue weighted by Gasteiger charge is 2.23. The van der Waals surface area contributed by atoms with Crippen LogP contribution in [0.4, 0.5) is 0 Å². The number of nitrogen functional groups attached to an aromatic ring is 1. The van der Waals surface area contributed by atoms with Crippen molar-refractivity contribution in [3.63, 3.8) is 0 Å². The third kappa shape index (κ3) is 3.97. The van der Waals surface area contributed by atoms with Gasteiger partial charge in [-0.05, 0) is 38.7 Å². The average Bonchev–Trinajstić information content (AvgIpc) is 3.09. The predicted octanol–water partition coefficient (Wildman–Crippen LogP) is 1.58. The Bertz CT molecular complexity index is 754. The zero-order chi connectivity index (χ0) is 18.0. The van der Waals surface area contributed by atoms with Crippen LogP contribution >= 0.6 is 11.8 Å². The van der Waals surface area contributed by atoms with Crippen molar-refractivity contribution in [3.05, 3.63) is 17.5 Å². The van der Waals surface area contributed by atoms with Crippen molar-refractivity contribution in [1.29, 1.82) is 0 Å². The van der Waals surface area contributed by atoms with E-state index in [9.17, 15) is 4.79 Å². The maximum absolute atomic E-state index is 12.2. The van der Waals surface area contributed by atoms with Gasteiger partial charge in [-0.25, -0.2) is 9.36 Å². The number of carbonyl (C=O) groups is 1. The molecule has 1 fully saturated rings. The molecule has 2 aromatic rings. The summed E-state index contributed by atoms with van der Waals surface area (Å²) >= 11 is 1.28. The summed E-state index contributed by atoms with van der Waals surface area (Å²) in [5, 5.41) is 16.2. The number of nitrogens with zero attached hydrogens (tertiary/aromatic N) is 5. The normalized spacial score (nSPS) is 20.6. The Morgan fingerprint density at radius 3 is 2.80 bits per heavy atom. The van der Waals surface area contributed by atoms with E-state index in [1.54, 1.807) is 4.68 Å². The third-order valence-corrected chi connectivity index (χ3v) is 5.58. The Labute approximate surface area is 151 Å². The fourth-order valence-electron chi connectivity index (χ4n) is 3.25. The maximum Gasteiger partial charge on any atom is 0.271 e. The van der Waals surface area contributed by atoms with Crippen molar-refractivity contribution >= 4 is 17.7 Å². The van der Waals surface area contributed by atoms with Crippen LogP contribution in [0.3, 0.4) is 0 Å². The van der Waals surface area contributed by atoms with Crippen LogP contribution in [-0.4, -0.2) is 42.4 Å². The third-order valence-electron chi connectivity index (χ3n) is 4.64. The lowest BCUT2D eigenvalue weighted by Gasteiger charge is -2.29. The van der Waals surface area contributed by atoms with E-state index in [-0.39, 0.29) is 17.7 Å². The van der Waals surface area contributed by atoms with E-state index in [1.165, 1.54) is 35.7 Å².